The van der Waals surface area contributed by atoms with Gasteiger partial charge in [0.05, 0.1) is 11.8 Å². The molecule has 2 unspecified atom stereocenters. The zero-order valence-electron chi connectivity index (χ0n) is 12.0. The predicted molar refractivity (Wildman–Crippen MR) is 75.3 cm³/mol. The summed E-state index contributed by atoms with van der Waals surface area (Å²) in [4.78, 5) is 13.0. The molecule has 0 spiro atoms. The molecule has 0 radical (unpaired) electrons. The molecule has 1 aliphatic heterocycles. The Morgan fingerprint density at radius 1 is 1.39 bits per heavy atom. The van der Waals surface area contributed by atoms with E-state index in [1.165, 1.54) is 0 Å². The summed E-state index contributed by atoms with van der Waals surface area (Å²) >= 11 is 0. The van der Waals surface area contributed by atoms with Crippen molar-refractivity contribution in [2.45, 2.75) is 52.5 Å². The molecule has 0 aromatic rings. The first-order valence-corrected chi connectivity index (χ1v) is 6.79. The summed E-state index contributed by atoms with van der Waals surface area (Å²) in [7, 11) is 0. The lowest BCUT2D eigenvalue weighted by molar-refractivity contribution is -0.131. The first kappa shape index (κ1) is 17.0. The van der Waals surface area contributed by atoms with Crippen LogP contribution in [0.1, 0.15) is 46.5 Å². The average molecular weight is 256 g/mol. The van der Waals surface area contributed by atoms with Crippen LogP contribution in [-0.4, -0.2) is 35.0 Å². The number of likely N-dealkylation sites (tertiary alicyclic amines) is 1. The maximum Gasteiger partial charge on any atom is 0.239 e. The van der Waals surface area contributed by atoms with E-state index in [1.54, 1.807) is 6.92 Å². The molecule has 2 atom stereocenters. The van der Waals surface area contributed by atoms with E-state index in [1.807, 2.05) is 4.90 Å². The minimum atomic E-state index is -0.321. The Kier molecular flexibility index (Phi) is 8.46. The molecular weight excluding hydrogens is 228 g/mol. The van der Waals surface area contributed by atoms with Crippen LogP contribution in [0.5, 0.6) is 0 Å². The van der Waals surface area contributed by atoms with Gasteiger partial charge in [-0.3, -0.25) is 4.79 Å². The quantitative estimate of drug-likeness (QED) is 0.759. The summed E-state index contributed by atoms with van der Waals surface area (Å²) < 4.78 is 0. The second-order valence-electron chi connectivity index (χ2n) is 5.10. The monoisotopic (exact) mass is 256 g/mol. The van der Waals surface area contributed by atoms with Crippen molar-refractivity contribution < 1.29 is 9.90 Å². The van der Waals surface area contributed by atoms with Crippen molar-refractivity contribution in [3.63, 3.8) is 0 Å². The Balaban J connectivity index is 0.000000331. The van der Waals surface area contributed by atoms with Crippen LogP contribution in [0.2, 0.25) is 0 Å². The molecule has 1 fully saturated rings. The first-order chi connectivity index (χ1) is 8.38. The summed E-state index contributed by atoms with van der Waals surface area (Å²) in [6.45, 7) is 11.1. The van der Waals surface area contributed by atoms with Gasteiger partial charge in [0, 0.05) is 19.5 Å². The fourth-order valence-corrected chi connectivity index (χ4v) is 1.77. The average Bonchev–Trinajstić information content (AvgIpc) is 2.81. The van der Waals surface area contributed by atoms with Crippen molar-refractivity contribution in [2.75, 3.05) is 13.1 Å². The highest BCUT2D eigenvalue weighted by Gasteiger charge is 2.19. The maximum atomic E-state index is 11.1. The van der Waals surface area contributed by atoms with E-state index in [2.05, 4.69) is 20.4 Å². The minimum Gasteiger partial charge on any atom is -0.513 e. The molecule has 1 amide bonds. The maximum absolute atomic E-state index is 11.1. The van der Waals surface area contributed by atoms with Crippen molar-refractivity contribution in [3.05, 3.63) is 12.3 Å². The van der Waals surface area contributed by atoms with E-state index in [-0.39, 0.29) is 11.9 Å². The van der Waals surface area contributed by atoms with Gasteiger partial charge in [0.1, 0.15) is 0 Å². The summed E-state index contributed by atoms with van der Waals surface area (Å²) in [5.74, 6) is 0.976. The van der Waals surface area contributed by atoms with Gasteiger partial charge in [-0.25, -0.2) is 0 Å². The second-order valence-corrected chi connectivity index (χ2v) is 5.10. The largest absolute Gasteiger partial charge is 0.513 e. The third-order valence-corrected chi connectivity index (χ3v) is 3.09. The lowest BCUT2D eigenvalue weighted by atomic mass is 10.1. The van der Waals surface area contributed by atoms with Crippen LogP contribution in [0.4, 0.5) is 0 Å². The van der Waals surface area contributed by atoms with Gasteiger partial charge in [-0.2, -0.15) is 0 Å². The highest BCUT2D eigenvalue weighted by atomic mass is 16.3. The van der Waals surface area contributed by atoms with Crippen LogP contribution < -0.4 is 5.73 Å². The van der Waals surface area contributed by atoms with Gasteiger partial charge in [-0.15, -0.1) is 0 Å². The van der Waals surface area contributed by atoms with Gasteiger partial charge in [-0.05, 0) is 25.7 Å². The number of aliphatic hydroxyl groups is 1. The number of carbonyl (C=O) groups excluding carboxylic acids is 1. The highest BCUT2D eigenvalue weighted by molar-refractivity contribution is 5.81. The molecule has 0 bridgehead atoms. The lowest BCUT2D eigenvalue weighted by Gasteiger charge is -2.16. The summed E-state index contributed by atoms with van der Waals surface area (Å²) in [5.41, 5.74) is 5.42. The molecule has 3 N–H and O–H groups in total. The number of aliphatic hydroxyl groups excluding tert-OH is 1. The summed E-state index contributed by atoms with van der Waals surface area (Å²) in [6.07, 6.45) is 4.13. The minimum absolute atomic E-state index is 0.0949. The van der Waals surface area contributed by atoms with E-state index < -0.39 is 0 Å². The lowest BCUT2D eigenvalue weighted by Crippen LogP contribution is -2.40. The summed E-state index contributed by atoms with van der Waals surface area (Å²) in [6, 6.07) is -0.321. The topological polar surface area (TPSA) is 66.6 Å². The molecule has 1 heterocycles. The highest BCUT2D eigenvalue weighted by Crippen LogP contribution is 2.09. The van der Waals surface area contributed by atoms with E-state index in [0.717, 1.165) is 38.8 Å². The SMILES string of the molecule is C=C(O)CC(C)CC.CC(N)C(=O)N1CCCC1. The fourth-order valence-electron chi connectivity index (χ4n) is 1.77. The number of hydrogen-bond donors (Lipinski definition) is 2. The van der Waals surface area contributed by atoms with Crippen molar-refractivity contribution >= 4 is 5.91 Å². The second kappa shape index (κ2) is 8.97. The number of amides is 1. The number of carbonyl (C=O) groups is 1. The molecule has 1 aliphatic rings. The van der Waals surface area contributed by atoms with Gasteiger partial charge < -0.3 is 15.7 Å². The van der Waals surface area contributed by atoms with E-state index in [4.69, 9.17) is 10.8 Å². The summed E-state index contributed by atoms with van der Waals surface area (Å²) in [5, 5.41) is 8.66. The van der Waals surface area contributed by atoms with Gasteiger partial charge in [0.2, 0.25) is 5.91 Å². The van der Waals surface area contributed by atoms with Gasteiger partial charge in [-0.1, -0.05) is 26.8 Å². The zero-order chi connectivity index (χ0) is 14.1. The molecular formula is C14H28N2O2. The Morgan fingerprint density at radius 2 is 1.89 bits per heavy atom. The standard InChI is InChI=1S/C7H14N2O.C7H14O/c1-6(8)7(10)9-4-2-3-5-9;1-4-6(2)5-7(3)8/h6H,2-5,8H2,1H3;6,8H,3-5H2,1-2H3. The predicted octanol–water partition coefficient (Wildman–Crippen LogP) is 2.45. The third kappa shape index (κ3) is 7.33. The van der Waals surface area contributed by atoms with Gasteiger partial charge in [0.15, 0.2) is 0 Å². The van der Waals surface area contributed by atoms with Crippen LogP contribution in [0, 0.1) is 5.92 Å². The van der Waals surface area contributed by atoms with Crippen molar-refractivity contribution in [2.24, 2.45) is 11.7 Å². The fraction of sp³-hybridized carbons (Fsp3) is 0.786. The molecule has 106 valence electrons. The number of hydrogen-bond acceptors (Lipinski definition) is 3. The number of nitrogens with zero attached hydrogens (tertiary/aromatic N) is 1. The van der Waals surface area contributed by atoms with Crippen LogP contribution in [0.15, 0.2) is 12.3 Å². The molecule has 4 nitrogen and oxygen atoms in total. The van der Waals surface area contributed by atoms with Crippen LogP contribution in [0.3, 0.4) is 0 Å². The third-order valence-electron chi connectivity index (χ3n) is 3.09. The number of nitrogens with two attached hydrogens (primary N) is 1. The smallest absolute Gasteiger partial charge is 0.239 e. The Labute approximate surface area is 111 Å². The number of allylic oxidation sites excluding steroid dienone is 1. The van der Waals surface area contributed by atoms with E-state index >= 15 is 0 Å². The molecule has 0 aliphatic carbocycles. The molecule has 0 aromatic heterocycles. The van der Waals surface area contributed by atoms with Gasteiger partial charge in [0.25, 0.3) is 0 Å². The Bertz CT molecular complexity index is 259. The Hall–Kier alpha value is -1.03. The number of rotatable bonds is 4. The molecule has 18 heavy (non-hydrogen) atoms. The van der Waals surface area contributed by atoms with Crippen molar-refractivity contribution in [1.29, 1.82) is 0 Å². The molecule has 1 rings (SSSR count). The van der Waals surface area contributed by atoms with Gasteiger partial charge >= 0.3 is 0 Å². The zero-order valence-corrected chi connectivity index (χ0v) is 12.0. The van der Waals surface area contributed by atoms with Crippen molar-refractivity contribution in [3.8, 4) is 0 Å². The van der Waals surface area contributed by atoms with Crippen LogP contribution in [-0.2, 0) is 4.79 Å². The van der Waals surface area contributed by atoms with Crippen molar-refractivity contribution in [1.82, 2.24) is 4.90 Å². The normalized spacial score (nSPS) is 17.7. The molecule has 0 saturated carbocycles. The first-order valence-electron chi connectivity index (χ1n) is 6.79. The molecule has 1 saturated heterocycles. The van der Waals surface area contributed by atoms with E-state index in [0.29, 0.717) is 11.7 Å². The molecule has 0 aromatic carbocycles. The van der Waals surface area contributed by atoms with E-state index in [9.17, 15) is 4.79 Å². The van der Waals surface area contributed by atoms with Crippen LogP contribution >= 0.6 is 0 Å². The molecule has 4 heteroatoms. The Morgan fingerprint density at radius 3 is 2.17 bits per heavy atom. The van der Waals surface area contributed by atoms with Crippen LogP contribution in [0.25, 0.3) is 0 Å².